The van der Waals surface area contributed by atoms with E-state index in [0.717, 1.165) is 5.56 Å². The van der Waals surface area contributed by atoms with Gasteiger partial charge >= 0.3 is 0 Å². The summed E-state index contributed by atoms with van der Waals surface area (Å²) in [6.07, 6.45) is 5.06. The minimum Gasteiger partial charge on any atom is -0.493 e. The molecule has 0 unspecified atom stereocenters. The van der Waals surface area contributed by atoms with Gasteiger partial charge in [0.05, 0.1) is 18.3 Å². The second kappa shape index (κ2) is 9.79. The van der Waals surface area contributed by atoms with Crippen LogP contribution in [0.15, 0.2) is 48.9 Å². The molecule has 0 bridgehead atoms. The van der Waals surface area contributed by atoms with Gasteiger partial charge in [-0.15, -0.1) is 0 Å². The SMILES string of the molecule is NC(=O)c1cccnc1OCc1ncc(-c2ccc(OCCCF)cc2Cl)cn1. The van der Waals surface area contributed by atoms with Gasteiger partial charge in [-0.1, -0.05) is 11.6 Å². The van der Waals surface area contributed by atoms with E-state index in [4.69, 9.17) is 26.8 Å². The number of ether oxygens (including phenoxy) is 2. The van der Waals surface area contributed by atoms with Crippen molar-refractivity contribution in [2.24, 2.45) is 5.73 Å². The summed E-state index contributed by atoms with van der Waals surface area (Å²) < 4.78 is 23.1. The number of nitrogens with two attached hydrogens (primary N) is 1. The topological polar surface area (TPSA) is 100 Å². The van der Waals surface area contributed by atoms with Crippen LogP contribution in [0.25, 0.3) is 11.1 Å². The van der Waals surface area contributed by atoms with Gasteiger partial charge in [0.1, 0.15) is 17.9 Å². The summed E-state index contributed by atoms with van der Waals surface area (Å²) in [4.78, 5) is 23.9. The van der Waals surface area contributed by atoms with Crippen LogP contribution >= 0.6 is 11.6 Å². The lowest BCUT2D eigenvalue weighted by molar-refractivity contribution is 0.0994. The Hall–Kier alpha value is -3.26. The molecule has 2 heterocycles. The zero-order valence-corrected chi connectivity index (χ0v) is 16.1. The van der Waals surface area contributed by atoms with E-state index < -0.39 is 12.6 Å². The molecule has 0 saturated heterocycles. The molecule has 1 aromatic carbocycles. The second-order valence-electron chi connectivity index (χ2n) is 5.93. The maximum atomic E-state index is 12.1. The molecule has 3 rings (SSSR count). The first kappa shape index (κ1) is 20.5. The predicted molar refractivity (Wildman–Crippen MR) is 106 cm³/mol. The third kappa shape index (κ3) is 5.39. The van der Waals surface area contributed by atoms with Gasteiger partial charge in [0.2, 0.25) is 5.88 Å². The Balaban J connectivity index is 1.67. The van der Waals surface area contributed by atoms with Gasteiger partial charge in [0.25, 0.3) is 5.91 Å². The minimum absolute atomic E-state index is 0.0205. The number of hydrogen-bond donors (Lipinski definition) is 1. The average Bonchev–Trinajstić information content (AvgIpc) is 2.73. The zero-order chi connectivity index (χ0) is 20.6. The maximum absolute atomic E-state index is 12.1. The van der Waals surface area contributed by atoms with Crippen molar-refractivity contribution >= 4 is 17.5 Å². The Kier molecular flexibility index (Phi) is 6.91. The number of rotatable bonds is 9. The first-order valence-corrected chi connectivity index (χ1v) is 9.13. The third-order valence-electron chi connectivity index (χ3n) is 3.88. The molecule has 0 spiro atoms. The van der Waals surface area contributed by atoms with Gasteiger partial charge in [-0.2, -0.15) is 0 Å². The summed E-state index contributed by atoms with van der Waals surface area (Å²) in [5.74, 6) is 0.464. The van der Waals surface area contributed by atoms with Crippen LogP contribution in [0.4, 0.5) is 4.39 Å². The number of alkyl halides is 1. The first-order chi connectivity index (χ1) is 14.1. The fourth-order valence-corrected chi connectivity index (χ4v) is 2.74. The third-order valence-corrected chi connectivity index (χ3v) is 4.19. The molecular formula is C20H18ClFN4O3. The van der Waals surface area contributed by atoms with Crippen molar-refractivity contribution in [3.63, 3.8) is 0 Å². The summed E-state index contributed by atoms with van der Waals surface area (Å²) in [6.45, 7) is -0.117. The Morgan fingerprint density at radius 3 is 2.62 bits per heavy atom. The Labute approximate surface area is 171 Å². The highest BCUT2D eigenvalue weighted by molar-refractivity contribution is 6.33. The van der Waals surface area contributed by atoms with E-state index >= 15 is 0 Å². The molecule has 150 valence electrons. The van der Waals surface area contributed by atoms with E-state index in [1.54, 1.807) is 36.7 Å². The van der Waals surface area contributed by atoms with Crippen LogP contribution < -0.4 is 15.2 Å². The summed E-state index contributed by atoms with van der Waals surface area (Å²) in [6, 6.07) is 8.33. The number of halogens is 2. The summed E-state index contributed by atoms with van der Waals surface area (Å²) in [7, 11) is 0. The van der Waals surface area contributed by atoms with Crippen LogP contribution in [0.2, 0.25) is 5.02 Å². The van der Waals surface area contributed by atoms with E-state index in [1.807, 2.05) is 0 Å². The summed E-state index contributed by atoms with van der Waals surface area (Å²) in [5.41, 5.74) is 6.93. The largest absolute Gasteiger partial charge is 0.493 e. The number of aromatic nitrogens is 3. The molecule has 2 aromatic heterocycles. The average molecular weight is 417 g/mol. The molecule has 0 fully saturated rings. The molecule has 2 N–H and O–H groups in total. The van der Waals surface area contributed by atoms with Crippen LogP contribution in [0.3, 0.4) is 0 Å². The molecule has 3 aromatic rings. The van der Waals surface area contributed by atoms with Crippen molar-refractivity contribution < 1.29 is 18.7 Å². The van der Waals surface area contributed by atoms with E-state index in [9.17, 15) is 9.18 Å². The zero-order valence-electron chi connectivity index (χ0n) is 15.3. The lowest BCUT2D eigenvalue weighted by Gasteiger charge is -2.10. The number of hydrogen-bond acceptors (Lipinski definition) is 6. The van der Waals surface area contributed by atoms with Crippen molar-refractivity contribution in [2.75, 3.05) is 13.3 Å². The molecule has 0 radical (unpaired) electrons. The number of pyridine rings is 1. The van der Waals surface area contributed by atoms with Gasteiger partial charge in [0, 0.05) is 36.1 Å². The van der Waals surface area contributed by atoms with E-state index in [2.05, 4.69) is 15.0 Å². The Morgan fingerprint density at radius 1 is 1.14 bits per heavy atom. The monoisotopic (exact) mass is 416 g/mol. The van der Waals surface area contributed by atoms with Gasteiger partial charge in [-0.25, -0.2) is 15.0 Å². The number of nitrogens with zero attached hydrogens (tertiary/aromatic N) is 3. The molecule has 0 atom stereocenters. The standard InChI is InChI=1S/C20H18ClFN4O3/c21-17-9-14(28-8-2-6-22)4-5-15(17)13-10-25-18(26-11-13)12-29-20-16(19(23)27)3-1-7-24-20/h1,3-5,7,9-11H,2,6,8,12H2,(H2,23,27). The smallest absolute Gasteiger partial charge is 0.254 e. The van der Waals surface area contributed by atoms with E-state index in [1.165, 1.54) is 12.3 Å². The normalized spacial score (nSPS) is 10.6. The van der Waals surface area contributed by atoms with Crippen molar-refractivity contribution in [2.45, 2.75) is 13.0 Å². The number of primary amides is 1. The lowest BCUT2D eigenvalue weighted by atomic mass is 10.1. The maximum Gasteiger partial charge on any atom is 0.254 e. The molecule has 0 aliphatic heterocycles. The summed E-state index contributed by atoms with van der Waals surface area (Å²) >= 11 is 6.32. The molecule has 0 aliphatic carbocycles. The number of benzene rings is 1. The molecule has 7 nitrogen and oxygen atoms in total. The highest BCUT2D eigenvalue weighted by Gasteiger charge is 2.11. The van der Waals surface area contributed by atoms with Crippen LogP contribution in [0, 0.1) is 0 Å². The number of carbonyl (C=O) groups excluding carboxylic acids is 1. The van der Waals surface area contributed by atoms with E-state index in [0.29, 0.717) is 28.6 Å². The molecule has 1 amide bonds. The van der Waals surface area contributed by atoms with Crippen molar-refractivity contribution in [3.05, 3.63) is 65.3 Å². The fraction of sp³-hybridized carbons (Fsp3) is 0.200. The van der Waals surface area contributed by atoms with Crippen molar-refractivity contribution in [3.8, 4) is 22.8 Å². The van der Waals surface area contributed by atoms with Crippen LogP contribution in [0.1, 0.15) is 22.6 Å². The molecule has 9 heteroatoms. The van der Waals surface area contributed by atoms with Gasteiger partial charge < -0.3 is 15.2 Å². The van der Waals surface area contributed by atoms with Crippen molar-refractivity contribution in [1.82, 2.24) is 15.0 Å². The molecular weight excluding hydrogens is 399 g/mol. The Bertz CT molecular complexity index is 986. The number of amides is 1. The van der Waals surface area contributed by atoms with E-state index in [-0.39, 0.29) is 24.7 Å². The molecule has 0 saturated carbocycles. The fourth-order valence-electron chi connectivity index (χ4n) is 2.46. The van der Waals surface area contributed by atoms with Crippen LogP contribution in [-0.2, 0) is 6.61 Å². The second-order valence-corrected chi connectivity index (χ2v) is 6.34. The minimum atomic E-state index is -0.629. The molecule has 29 heavy (non-hydrogen) atoms. The highest BCUT2D eigenvalue weighted by atomic mass is 35.5. The summed E-state index contributed by atoms with van der Waals surface area (Å²) in [5, 5.41) is 0.468. The first-order valence-electron chi connectivity index (χ1n) is 8.75. The van der Waals surface area contributed by atoms with Gasteiger partial charge in [0.15, 0.2) is 5.82 Å². The molecule has 0 aliphatic rings. The van der Waals surface area contributed by atoms with Gasteiger partial charge in [-0.05, 0) is 30.3 Å². The Morgan fingerprint density at radius 2 is 1.93 bits per heavy atom. The lowest BCUT2D eigenvalue weighted by Crippen LogP contribution is -2.14. The van der Waals surface area contributed by atoms with Gasteiger partial charge in [-0.3, -0.25) is 9.18 Å². The van der Waals surface area contributed by atoms with Crippen LogP contribution in [-0.4, -0.2) is 34.1 Å². The highest BCUT2D eigenvalue weighted by Crippen LogP contribution is 2.30. The number of carbonyl (C=O) groups is 1. The quantitative estimate of drug-likeness (QED) is 0.535. The van der Waals surface area contributed by atoms with Crippen molar-refractivity contribution in [1.29, 1.82) is 0 Å². The predicted octanol–water partition coefficient (Wildman–Crippen LogP) is 3.61. The van der Waals surface area contributed by atoms with Crippen LogP contribution in [0.5, 0.6) is 11.6 Å².